The van der Waals surface area contributed by atoms with Crippen LogP contribution in [0.25, 0.3) is 21.2 Å². The van der Waals surface area contributed by atoms with Crippen LogP contribution in [0.5, 0.6) is 0 Å². The smallest absolute Gasteiger partial charge is 0.240 e. The molecule has 4 aromatic rings. The third-order valence-electron chi connectivity index (χ3n) is 6.10. The van der Waals surface area contributed by atoms with Crippen LogP contribution in [0.2, 0.25) is 0 Å². The number of hydrogen-bond acceptors (Lipinski definition) is 7. The van der Waals surface area contributed by atoms with Crippen molar-refractivity contribution in [2.45, 2.75) is 19.5 Å². The average Bonchev–Trinajstić information content (AvgIpc) is 3.35. The van der Waals surface area contributed by atoms with Crippen molar-refractivity contribution in [3.63, 3.8) is 0 Å². The van der Waals surface area contributed by atoms with Gasteiger partial charge in [0.2, 0.25) is 5.91 Å². The van der Waals surface area contributed by atoms with Crippen molar-refractivity contribution in [2.24, 2.45) is 0 Å². The molecule has 0 bridgehead atoms. The highest BCUT2D eigenvalue weighted by Crippen LogP contribution is 2.35. The lowest BCUT2D eigenvalue weighted by Crippen LogP contribution is -2.48. The van der Waals surface area contributed by atoms with Crippen molar-refractivity contribution in [2.75, 3.05) is 36.9 Å². The molecule has 34 heavy (non-hydrogen) atoms. The first-order valence-corrected chi connectivity index (χ1v) is 12.3. The van der Waals surface area contributed by atoms with Gasteiger partial charge in [-0.25, -0.2) is 0 Å². The van der Waals surface area contributed by atoms with Crippen LogP contribution < -0.4 is 20.9 Å². The minimum absolute atomic E-state index is 0.0552. The van der Waals surface area contributed by atoms with Crippen LogP contribution in [-0.2, 0) is 11.3 Å². The fraction of sp³-hybridized carbons (Fsp3) is 0.269. The molecule has 7 nitrogen and oxygen atoms in total. The predicted octanol–water partition coefficient (Wildman–Crippen LogP) is 4.19. The number of carbonyl (C=O) groups is 1. The van der Waals surface area contributed by atoms with Crippen LogP contribution >= 0.6 is 11.3 Å². The molecule has 5 rings (SSSR count). The molecule has 3 heterocycles. The van der Waals surface area contributed by atoms with E-state index in [0.717, 1.165) is 35.4 Å². The van der Waals surface area contributed by atoms with Gasteiger partial charge in [-0.3, -0.25) is 4.79 Å². The summed E-state index contributed by atoms with van der Waals surface area (Å²) >= 11 is 1.79. The van der Waals surface area contributed by atoms with Crippen molar-refractivity contribution < 1.29 is 4.79 Å². The third kappa shape index (κ3) is 4.52. The standard InChI is InChI=1S/C26H28N6OS/c1-17(23-9-10-24(34-23)21-6-4-3-5-18(21)14-27-2)30-26-22-13-20(8-7-19(22)15-29-31-26)32-12-11-28-16-25(32)33/h3-10,13,15,17,27-28H,11-12,14,16H2,1-2H3,(H,30,31)/t17-/m1/s1. The Labute approximate surface area is 203 Å². The Morgan fingerprint density at radius 1 is 1.18 bits per heavy atom. The van der Waals surface area contributed by atoms with Crippen LogP contribution in [0.1, 0.15) is 23.4 Å². The lowest BCUT2D eigenvalue weighted by Gasteiger charge is -2.27. The SMILES string of the molecule is CNCc1ccccc1-c1ccc([C@@H](C)Nc2nncc3ccc(N4CCNCC4=O)cc23)s1. The molecule has 8 heteroatoms. The molecule has 0 radical (unpaired) electrons. The second-order valence-electron chi connectivity index (χ2n) is 8.44. The van der Waals surface area contributed by atoms with Gasteiger partial charge < -0.3 is 20.9 Å². The monoisotopic (exact) mass is 472 g/mol. The molecule has 2 aromatic heterocycles. The van der Waals surface area contributed by atoms with Gasteiger partial charge in [0, 0.05) is 45.8 Å². The number of benzene rings is 2. The number of nitrogens with zero attached hydrogens (tertiary/aromatic N) is 3. The summed E-state index contributed by atoms with van der Waals surface area (Å²) in [6.07, 6.45) is 1.76. The number of amides is 1. The first-order valence-electron chi connectivity index (χ1n) is 11.5. The van der Waals surface area contributed by atoms with Gasteiger partial charge in [-0.05, 0) is 49.4 Å². The van der Waals surface area contributed by atoms with E-state index in [0.29, 0.717) is 13.1 Å². The van der Waals surface area contributed by atoms with E-state index < -0.39 is 0 Å². The van der Waals surface area contributed by atoms with Crippen molar-refractivity contribution in [3.05, 3.63) is 71.2 Å². The summed E-state index contributed by atoms with van der Waals surface area (Å²) in [7, 11) is 1.97. The minimum Gasteiger partial charge on any atom is -0.361 e. The molecule has 1 saturated heterocycles. The van der Waals surface area contributed by atoms with E-state index in [9.17, 15) is 4.79 Å². The highest BCUT2D eigenvalue weighted by Gasteiger charge is 2.20. The highest BCUT2D eigenvalue weighted by molar-refractivity contribution is 7.15. The van der Waals surface area contributed by atoms with Crippen LogP contribution in [-0.4, -0.2) is 42.8 Å². The number of anilines is 2. The first-order chi connectivity index (χ1) is 16.6. The molecule has 0 aliphatic carbocycles. The molecule has 0 spiro atoms. The molecule has 2 aromatic carbocycles. The maximum Gasteiger partial charge on any atom is 0.240 e. The summed E-state index contributed by atoms with van der Waals surface area (Å²) in [6, 6.07) is 19.0. The molecule has 1 aliphatic rings. The largest absolute Gasteiger partial charge is 0.361 e. The second-order valence-corrected chi connectivity index (χ2v) is 9.56. The zero-order chi connectivity index (χ0) is 23.5. The van der Waals surface area contributed by atoms with Gasteiger partial charge in [0.05, 0.1) is 18.8 Å². The fourth-order valence-corrected chi connectivity index (χ4v) is 5.40. The Hall–Kier alpha value is -3.33. The van der Waals surface area contributed by atoms with Crippen molar-refractivity contribution in [3.8, 4) is 10.4 Å². The summed E-state index contributed by atoms with van der Waals surface area (Å²) in [4.78, 5) is 16.7. The molecular weight excluding hydrogens is 444 g/mol. The summed E-state index contributed by atoms with van der Waals surface area (Å²) in [5.74, 6) is 0.806. The number of carbonyl (C=O) groups excluding carboxylic acids is 1. The van der Waals surface area contributed by atoms with Gasteiger partial charge in [-0.1, -0.05) is 30.3 Å². The molecule has 0 saturated carbocycles. The number of hydrogen-bond donors (Lipinski definition) is 3. The normalized spacial score (nSPS) is 15.0. The van der Waals surface area contributed by atoms with E-state index in [1.807, 2.05) is 30.1 Å². The number of thiophene rings is 1. The summed E-state index contributed by atoms with van der Waals surface area (Å²) in [6.45, 7) is 4.79. The Morgan fingerprint density at radius 3 is 2.91 bits per heavy atom. The molecule has 1 amide bonds. The zero-order valence-electron chi connectivity index (χ0n) is 19.3. The summed E-state index contributed by atoms with van der Waals surface area (Å²) < 4.78 is 0. The van der Waals surface area contributed by atoms with Gasteiger partial charge in [0.15, 0.2) is 5.82 Å². The Bertz CT molecular complexity index is 1320. The molecule has 1 atom stereocenters. The quantitative estimate of drug-likeness (QED) is 0.374. The Morgan fingerprint density at radius 2 is 2.06 bits per heavy atom. The van der Waals surface area contributed by atoms with E-state index in [2.05, 4.69) is 69.5 Å². The molecule has 0 unspecified atom stereocenters. The number of nitrogens with one attached hydrogen (secondary N) is 3. The van der Waals surface area contributed by atoms with Gasteiger partial charge in [-0.15, -0.1) is 16.4 Å². The number of piperazine rings is 1. The van der Waals surface area contributed by atoms with Gasteiger partial charge in [-0.2, -0.15) is 5.10 Å². The first kappa shape index (κ1) is 22.5. The number of aromatic nitrogens is 2. The lowest BCUT2D eigenvalue weighted by molar-refractivity contribution is -0.118. The molecule has 174 valence electrons. The highest BCUT2D eigenvalue weighted by atomic mass is 32.1. The summed E-state index contributed by atoms with van der Waals surface area (Å²) in [5.41, 5.74) is 3.44. The summed E-state index contributed by atoms with van der Waals surface area (Å²) in [5, 5.41) is 20.5. The molecule has 1 aliphatic heterocycles. The van der Waals surface area contributed by atoms with Crippen LogP contribution in [0.4, 0.5) is 11.5 Å². The van der Waals surface area contributed by atoms with Gasteiger partial charge in [0.25, 0.3) is 0 Å². The van der Waals surface area contributed by atoms with Crippen LogP contribution in [0.3, 0.4) is 0 Å². The van der Waals surface area contributed by atoms with E-state index in [1.165, 1.54) is 20.9 Å². The Balaban J connectivity index is 1.41. The van der Waals surface area contributed by atoms with Gasteiger partial charge >= 0.3 is 0 Å². The second kappa shape index (κ2) is 9.89. The number of fused-ring (bicyclic) bond motifs is 1. The Kier molecular flexibility index (Phi) is 6.53. The van der Waals surface area contributed by atoms with Gasteiger partial charge in [0.1, 0.15) is 0 Å². The average molecular weight is 473 g/mol. The number of rotatable bonds is 7. The van der Waals surface area contributed by atoms with E-state index in [-0.39, 0.29) is 11.9 Å². The van der Waals surface area contributed by atoms with Crippen molar-refractivity contribution in [1.82, 2.24) is 20.8 Å². The van der Waals surface area contributed by atoms with E-state index in [1.54, 1.807) is 17.5 Å². The maximum absolute atomic E-state index is 12.4. The zero-order valence-corrected chi connectivity index (χ0v) is 20.2. The van der Waals surface area contributed by atoms with E-state index in [4.69, 9.17) is 0 Å². The fourth-order valence-electron chi connectivity index (χ4n) is 4.33. The van der Waals surface area contributed by atoms with Crippen LogP contribution in [0, 0.1) is 0 Å². The topological polar surface area (TPSA) is 82.2 Å². The molecule has 3 N–H and O–H groups in total. The van der Waals surface area contributed by atoms with Crippen LogP contribution in [0.15, 0.2) is 60.8 Å². The van der Waals surface area contributed by atoms with E-state index >= 15 is 0 Å². The predicted molar refractivity (Wildman–Crippen MR) is 139 cm³/mol. The lowest BCUT2D eigenvalue weighted by atomic mass is 10.1. The minimum atomic E-state index is 0.0552. The van der Waals surface area contributed by atoms with Crippen molar-refractivity contribution >= 4 is 39.5 Å². The third-order valence-corrected chi connectivity index (χ3v) is 7.41. The molecule has 1 fully saturated rings. The van der Waals surface area contributed by atoms with Crippen molar-refractivity contribution in [1.29, 1.82) is 0 Å². The maximum atomic E-state index is 12.4. The molecular formula is C26H28N6OS.